The maximum atomic E-state index is 13.0. The van der Waals surface area contributed by atoms with E-state index in [1.165, 1.54) is 22.5 Å². The SMILES string of the molecule is CCOC(=O)c1c(N=C[C@H]2C(=O)NC(=S)N(c3ccccc3)C2=O)sc(C)c1C. The molecule has 0 saturated carbocycles. The molecule has 2 aromatic rings. The van der Waals surface area contributed by atoms with Crippen molar-refractivity contribution in [2.45, 2.75) is 20.8 Å². The fourth-order valence-electron chi connectivity index (χ4n) is 2.83. The Morgan fingerprint density at radius 1 is 1.31 bits per heavy atom. The molecule has 0 radical (unpaired) electrons. The Morgan fingerprint density at radius 2 is 2.00 bits per heavy atom. The number of thiocarbonyl (C=S) groups is 1. The molecule has 1 saturated heterocycles. The van der Waals surface area contributed by atoms with Crippen molar-refractivity contribution in [3.05, 3.63) is 46.3 Å². The molecule has 2 heterocycles. The first-order valence-electron chi connectivity index (χ1n) is 8.90. The number of carbonyl (C=O) groups is 3. The fourth-order valence-corrected chi connectivity index (χ4v) is 4.12. The molecule has 1 aliphatic heterocycles. The first-order chi connectivity index (χ1) is 13.8. The molecular weight excluding hydrogens is 410 g/mol. The second-order valence-electron chi connectivity index (χ2n) is 6.24. The highest BCUT2D eigenvalue weighted by atomic mass is 32.1. The van der Waals surface area contributed by atoms with Gasteiger partial charge in [-0.1, -0.05) is 18.2 Å². The van der Waals surface area contributed by atoms with E-state index in [1.807, 2.05) is 19.9 Å². The van der Waals surface area contributed by atoms with E-state index in [-0.39, 0.29) is 11.7 Å². The molecule has 1 fully saturated rings. The maximum Gasteiger partial charge on any atom is 0.341 e. The normalized spacial score (nSPS) is 17.0. The zero-order valence-corrected chi connectivity index (χ0v) is 17.7. The van der Waals surface area contributed by atoms with Gasteiger partial charge in [-0.15, -0.1) is 11.3 Å². The second-order valence-corrected chi connectivity index (χ2v) is 7.83. The van der Waals surface area contributed by atoms with Crippen LogP contribution in [-0.2, 0) is 14.3 Å². The van der Waals surface area contributed by atoms with Gasteiger partial charge in [-0.25, -0.2) is 9.79 Å². The molecule has 0 spiro atoms. The van der Waals surface area contributed by atoms with Crippen molar-refractivity contribution in [1.29, 1.82) is 0 Å². The number of carbonyl (C=O) groups excluding carboxylic acids is 3. The molecule has 0 unspecified atom stereocenters. The minimum Gasteiger partial charge on any atom is -0.462 e. The van der Waals surface area contributed by atoms with E-state index in [1.54, 1.807) is 31.2 Å². The molecule has 0 aliphatic carbocycles. The molecule has 150 valence electrons. The fraction of sp³-hybridized carbons (Fsp3) is 0.250. The van der Waals surface area contributed by atoms with E-state index in [0.29, 0.717) is 16.3 Å². The predicted molar refractivity (Wildman–Crippen MR) is 116 cm³/mol. The Labute approximate surface area is 177 Å². The summed E-state index contributed by atoms with van der Waals surface area (Å²) in [7, 11) is 0. The van der Waals surface area contributed by atoms with Crippen LogP contribution >= 0.6 is 23.6 Å². The van der Waals surface area contributed by atoms with Crippen LogP contribution in [0, 0.1) is 19.8 Å². The van der Waals surface area contributed by atoms with Gasteiger partial charge in [0.25, 0.3) is 5.91 Å². The molecule has 1 atom stereocenters. The highest BCUT2D eigenvalue weighted by molar-refractivity contribution is 7.80. The number of hydrogen-bond acceptors (Lipinski definition) is 7. The number of aliphatic imine (C=N–C) groups is 1. The highest BCUT2D eigenvalue weighted by Gasteiger charge is 2.38. The van der Waals surface area contributed by atoms with Gasteiger partial charge in [0.15, 0.2) is 11.0 Å². The number of ether oxygens (including phenoxy) is 1. The lowest BCUT2D eigenvalue weighted by Crippen LogP contribution is -2.58. The van der Waals surface area contributed by atoms with Crippen LogP contribution < -0.4 is 10.2 Å². The number of hydrogen-bond donors (Lipinski definition) is 1. The third kappa shape index (κ3) is 4.10. The van der Waals surface area contributed by atoms with Gasteiger partial charge in [0.2, 0.25) is 5.91 Å². The quantitative estimate of drug-likeness (QED) is 0.341. The van der Waals surface area contributed by atoms with E-state index < -0.39 is 23.7 Å². The smallest absolute Gasteiger partial charge is 0.341 e. The zero-order chi connectivity index (χ0) is 21.1. The van der Waals surface area contributed by atoms with Crippen LogP contribution in [0.15, 0.2) is 35.3 Å². The number of nitrogens with one attached hydrogen (secondary N) is 1. The molecule has 2 amide bonds. The minimum atomic E-state index is -1.17. The van der Waals surface area contributed by atoms with Crippen LogP contribution in [0.2, 0.25) is 0 Å². The number of nitrogens with zero attached hydrogens (tertiary/aromatic N) is 2. The summed E-state index contributed by atoms with van der Waals surface area (Å²) in [4.78, 5) is 44.1. The Morgan fingerprint density at radius 3 is 2.66 bits per heavy atom. The van der Waals surface area contributed by atoms with Gasteiger partial charge in [0, 0.05) is 11.1 Å². The molecule has 3 rings (SSSR count). The Balaban J connectivity index is 1.93. The third-order valence-electron chi connectivity index (χ3n) is 4.40. The van der Waals surface area contributed by atoms with Crippen LogP contribution in [0.5, 0.6) is 0 Å². The number of para-hydroxylation sites is 1. The monoisotopic (exact) mass is 429 g/mol. The van der Waals surface area contributed by atoms with Gasteiger partial charge in [-0.3, -0.25) is 14.5 Å². The zero-order valence-electron chi connectivity index (χ0n) is 16.1. The van der Waals surface area contributed by atoms with Gasteiger partial charge in [-0.2, -0.15) is 0 Å². The predicted octanol–water partition coefficient (Wildman–Crippen LogP) is 3.31. The summed E-state index contributed by atoms with van der Waals surface area (Å²) >= 11 is 6.47. The van der Waals surface area contributed by atoms with Gasteiger partial charge in [0.1, 0.15) is 5.00 Å². The summed E-state index contributed by atoms with van der Waals surface area (Å²) in [5.41, 5.74) is 1.67. The Hall–Kier alpha value is -2.91. The molecule has 1 aliphatic rings. The molecular formula is C20H19N3O4S2. The topological polar surface area (TPSA) is 88.1 Å². The van der Waals surface area contributed by atoms with E-state index in [0.717, 1.165) is 10.4 Å². The van der Waals surface area contributed by atoms with Gasteiger partial charge >= 0.3 is 5.97 Å². The van der Waals surface area contributed by atoms with E-state index in [2.05, 4.69) is 10.3 Å². The number of esters is 1. The first kappa shape index (κ1) is 20.8. The number of aryl methyl sites for hydroxylation is 1. The summed E-state index contributed by atoms with van der Waals surface area (Å²) < 4.78 is 5.11. The summed E-state index contributed by atoms with van der Waals surface area (Å²) in [6, 6.07) is 8.81. The molecule has 9 heteroatoms. The van der Waals surface area contributed by atoms with Crippen molar-refractivity contribution in [3.63, 3.8) is 0 Å². The molecule has 1 aromatic heterocycles. The summed E-state index contributed by atoms with van der Waals surface area (Å²) in [5, 5.41) is 2.96. The highest BCUT2D eigenvalue weighted by Crippen LogP contribution is 2.35. The lowest BCUT2D eigenvalue weighted by atomic mass is 10.1. The van der Waals surface area contributed by atoms with Crippen molar-refractivity contribution < 1.29 is 19.1 Å². The number of rotatable bonds is 5. The lowest BCUT2D eigenvalue weighted by molar-refractivity contribution is -0.130. The van der Waals surface area contributed by atoms with Crippen LogP contribution in [0.4, 0.5) is 10.7 Å². The van der Waals surface area contributed by atoms with Crippen molar-refractivity contribution in [1.82, 2.24) is 5.32 Å². The van der Waals surface area contributed by atoms with E-state index >= 15 is 0 Å². The third-order valence-corrected chi connectivity index (χ3v) is 5.80. The number of anilines is 1. The average molecular weight is 430 g/mol. The molecule has 0 bridgehead atoms. The minimum absolute atomic E-state index is 0.0193. The Bertz CT molecular complexity index is 1010. The first-order valence-corrected chi connectivity index (χ1v) is 10.1. The molecule has 1 aromatic carbocycles. The Kier molecular flexibility index (Phi) is 6.19. The van der Waals surface area contributed by atoms with Crippen molar-refractivity contribution >= 4 is 63.4 Å². The largest absolute Gasteiger partial charge is 0.462 e. The van der Waals surface area contributed by atoms with Crippen molar-refractivity contribution in [3.8, 4) is 0 Å². The van der Waals surface area contributed by atoms with Crippen LogP contribution in [0.1, 0.15) is 27.7 Å². The molecule has 1 N–H and O–H groups in total. The van der Waals surface area contributed by atoms with E-state index in [4.69, 9.17) is 17.0 Å². The van der Waals surface area contributed by atoms with Gasteiger partial charge in [0.05, 0.1) is 17.9 Å². The maximum absolute atomic E-state index is 13.0. The molecule has 7 nitrogen and oxygen atoms in total. The number of benzene rings is 1. The number of amides is 2. The van der Waals surface area contributed by atoms with Crippen LogP contribution in [0.3, 0.4) is 0 Å². The molecule has 29 heavy (non-hydrogen) atoms. The number of thiophene rings is 1. The second kappa shape index (κ2) is 8.62. The van der Waals surface area contributed by atoms with Crippen LogP contribution in [-0.4, -0.2) is 35.7 Å². The summed E-state index contributed by atoms with van der Waals surface area (Å²) in [6.45, 7) is 5.64. The summed E-state index contributed by atoms with van der Waals surface area (Å²) in [5.74, 6) is -2.71. The van der Waals surface area contributed by atoms with E-state index in [9.17, 15) is 14.4 Å². The van der Waals surface area contributed by atoms with Gasteiger partial charge in [-0.05, 0) is 50.7 Å². The van der Waals surface area contributed by atoms with Crippen molar-refractivity contribution in [2.75, 3.05) is 11.5 Å². The summed E-state index contributed by atoms with van der Waals surface area (Å²) in [6.07, 6.45) is 1.25. The lowest BCUT2D eigenvalue weighted by Gasteiger charge is -2.30. The van der Waals surface area contributed by atoms with Crippen molar-refractivity contribution in [2.24, 2.45) is 10.9 Å². The van der Waals surface area contributed by atoms with Crippen LogP contribution in [0.25, 0.3) is 0 Å². The van der Waals surface area contributed by atoms with Gasteiger partial charge < -0.3 is 10.1 Å². The average Bonchev–Trinajstić information content (AvgIpc) is 2.96. The standard InChI is InChI=1S/C20H19N3O4S2/c1-4-27-19(26)15-11(2)12(3)29-17(15)21-10-14-16(24)22-20(28)23(18(14)25)13-8-6-5-7-9-13/h5-10,14H,4H2,1-3H3,(H,22,24,28)/t14-/m0/s1.